The Balaban J connectivity index is 1.60. The Kier molecular flexibility index (Phi) is 4.30. The zero-order valence-electron chi connectivity index (χ0n) is 13.8. The lowest BCUT2D eigenvalue weighted by Gasteiger charge is -2.08. The third kappa shape index (κ3) is 3.50. The Labute approximate surface area is 154 Å². The molecule has 0 unspecified atom stereocenters. The van der Waals surface area contributed by atoms with Gasteiger partial charge in [0.1, 0.15) is 0 Å². The topological polar surface area (TPSA) is 82.0 Å². The van der Waals surface area contributed by atoms with Crippen LogP contribution >= 0.6 is 11.8 Å². The lowest BCUT2D eigenvalue weighted by atomic mass is 10.3. The van der Waals surface area contributed by atoms with Crippen LogP contribution < -0.4 is 0 Å². The van der Waals surface area contributed by atoms with Crippen LogP contribution in [0.15, 0.2) is 52.5 Å². The lowest BCUT2D eigenvalue weighted by molar-refractivity contribution is -0.137. The van der Waals surface area contributed by atoms with Crippen LogP contribution in [0.2, 0.25) is 0 Å². The first-order valence-electron chi connectivity index (χ1n) is 7.74. The van der Waals surface area contributed by atoms with Gasteiger partial charge in [-0.3, -0.25) is 9.38 Å². The van der Waals surface area contributed by atoms with Gasteiger partial charge in [0, 0.05) is 24.2 Å². The summed E-state index contributed by atoms with van der Waals surface area (Å²) in [6.07, 6.45) is -0.234. The Morgan fingerprint density at radius 3 is 2.78 bits per heavy atom. The molecule has 0 aliphatic heterocycles. The Morgan fingerprint density at radius 2 is 2.04 bits per heavy atom. The molecule has 0 bridgehead atoms. The number of fused-ring (bicyclic) bond motifs is 1. The van der Waals surface area contributed by atoms with Crippen molar-refractivity contribution in [2.75, 3.05) is 0 Å². The van der Waals surface area contributed by atoms with Crippen molar-refractivity contribution < 1.29 is 17.7 Å². The van der Waals surface area contributed by atoms with Gasteiger partial charge in [0.2, 0.25) is 11.7 Å². The average molecular weight is 392 g/mol. The van der Waals surface area contributed by atoms with Crippen LogP contribution in [0.3, 0.4) is 0 Å². The summed E-state index contributed by atoms with van der Waals surface area (Å²) >= 11 is 1.17. The van der Waals surface area contributed by atoms with Gasteiger partial charge in [-0.15, -0.1) is 10.2 Å². The van der Waals surface area contributed by atoms with E-state index < -0.39 is 11.7 Å². The van der Waals surface area contributed by atoms with Crippen LogP contribution in [0.1, 0.15) is 23.6 Å². The first-order chi connectivity index (χ1) is 12.9. The van der Waals surface area contributed by atoms with E-state index in [1.807, 2.05) is 0 Å². The smallest absolute Gasteiger partial charge is 0.338 e. The molecule has 138 valence electrons. The lowest BCUT2D eigenvalue weighted by Crippen LogP contribution is -2.06. The second kappa shape index (κ2) is 6.65. The summed E-state index contributed by atoms with van der Waals surface area (Å²) in [4.78, 5) is 8.32. The minimum absolute atomic E-state index is 0.296. The highest BCUT2D eigenvalue weighted by atomic mass is 32.2. The standard InChI is InChI=1S/C16H11F3N6OS/c1-9(14-21-13(24-26-14)10-3-2-6-20-7-10)27-15-23-22-12-5-4-11(8-25(12)15)16(17,18)19/h2-9H,1H3/t9-/m0/s1. The average Bonchev–Trinajstić information content (AvgIpc) is 3.29. The second-order valence-electron chi connectivity index (χ2n) is 5.58. The fraction of sp³-hybridized carbons (Fsp3) is 0.188. The molecule has 4 aromatic heterocycles. The summed E-state index contributed by atoms with van der Waals surface area (Å²) in [5.74, 6) is 0.707. The maximum atomic E-state index is 12.9. The summed E-state index contributed by atoms with van der Waals surface area (Å²) in [5, 5.41) is 11.7. The van der Waals surface area contributed by atoms with Gasteiger partial charge in [-0.25, -0.2) is 0 Å². The zero-order chi connectivity index (χ0) is 19.0. The number of aromatic nitrogens is 6. The summed E-state index contributed by atoms with van der Waals surface area (Å²) < 4.78 is 45.4. The highest BCUT2D eigenvalue weighted by Crippen LogP contribution is 2.35. The number of hydrogen-bond donors (Lipinski definition) is 0. The SMILES string of the molecule is C[C@H](Sc1nnc2ccc(C(F)(F)F)cn12)c1nc(-c2cccnc2)no1. The number of alkyl halides is 3. The van der Waals surface area contributed by atoms with Crippen LogP contribution in [0.4, 0.5) is 13.2 Å². The molecule has 4 rings (SSSR count). The van der Waals surface area contributed by atoms with Gasteiger partial charge in [-0.2, -0.15) is 18.2 Å². The molecule has 0 aliphatic carbocycles. The van der Waals surface area contributed by atoms with Crippen LogP contribution in [0.25, 0.3) is 17.0 Å². The molecule has 0 aromatic carbocycles. The van der Waals surface area contributed by atoms with Crippen molar-refractivity contribution in [1.82, 2.24) is 29.7 Å². The van der Waals surface area contributed by atoms with Gasteiger partial charge in [0.15, 0.2) is 10.8 Å². The van der Waals surface area contributed by atoms with E-state index >= 15 is 0 Å². The van der Waals surface area contributed by atoms with Crippen molar-refractivity contribution in [1.29, 1.82) is 0 Å². The fourth-order valence-corrected chi connectivity index (χ4v) is 3.20. The maximum absolute atomic E-state index is 12.9. The number of pyridine rings is 2. The first-order valence-corrected chi connectivity index (χ1v) is 8.62. The summed E-state index contributed by atoms with van der Waals surface area (Å²) in [6.45, 7) is 1.79. The van der Waals surface area contributed by atoms with E-state index in [4.69, 9.17) is 4.52 Å². The van der Waals surface area contributed by atoms with Gasteiger partial charge in [0.25, 0.3) is 0 Å². The van der Waals surface area contributed by atoms with E-state index in [1.54, 1.807) is 31.5 Å². The number of halogens is 3. The predicted octanol–water partition coefficient (Wildman–Crippen LogP) is 4.05. The Bertz CT molecular complexity index is 1080. The molecule has 0 N–H and O–H groups in total. The van der Waals surface area contributed by atoms with Crippen molar-refractivity contribution in [2.24, 2.45) is 0 Å². The van der Waals surface area contributed by atoms with Crippen molar-refractivity contribution in [2.45, 2.75) is 23.5 Å². The second-order valence-corrected chi connectivity index (χ2v) is 6.89. The third-order valence-electron chi connectivity index (χ3n) is 3.69. The molecule has 0 radical (unpaired) electrons. The Morgan fingerprint density at radius 1 is 1.19 bits per heavy atom. The van der Waals surface area contributed by atoms with Crippen molar-refractivity contribution >= 4 is 17.4 Å². The van der Waals surface area contributed by atoms with Crippen LogP contribution in [0.5, 0.6) is 0 Å². The van der Waals surface area contributed by atoms with E-state index in [0.29, 0.717) is 28.1 Å². The van der Waals surface area contributed by atoms with Gasteiger partial charge < -0.3 is 4.52 Å². The molecule has 0 spiro atoms. The molecule has 11 heteroatoms. The van der Waals surface area contributed by atoms with Gasteiger partial charge in [-0.1, -0.05) is 16.9 Å². The molecule has 4 aromatic rings. The molecule has 0 aliphatic rings. The molecular weight excluding hydrogens is 381 g/mol. The van der Waals surface area contributed by atoms with Crippen molar-refractivity contribution in [3.05, 3.63) is 54.3 Å². The monoisotopic (exact) mass is 392 g/mol. The number of nitrogens with zero attached hydrogens (tertiary/aromatic N) is 6. The van der Waals surface area contributed by atoms with E-state index in [2.05, 4.69) is 25.3 Å². The minimum Gasteiger partial charge on any atom is -0.338 e. The van der Waals surface area contributed by atoms with Crippen LogP contribution in [0, 0.1) is 0 Å². The van der Waals surface area contributed by atoms with Gasteiger partial charge >= 0.3 is 6.18 Å². The number of hydrogen-bond acceptors (Lipinski definition) is 7. The minimum atomic E-state index is -4.45. The van der Waals surface area contributed by atoms with E-state index in [9.17, 15) is 13.2 Å². The van der Waals surface area contributed by atoms with Crippen LogP contribution in [-0.4, -0.2) is 29.7 Å². The maximum Gasteiger partial charge on any atom is 0.417 e. The third-order valence-corrected chi connectivity index (χ3v) is 4.73. The molecule has 0 amide bonds. The quantitative estimate of drug-likeness (QED) is 0.485. The summed E-state index contributed by atoms with van der Waals surface area (Å²) in [7, 11) is 0. The van der Waals surface area contributed by atoms with Gasteiger partial charge in [0.05, 0.1) is 10.8 Å². The highest BCUT2D eigenvalue weighted by Gasteiger charge is 2.31. The number of thioether (sulfide) groups is 1. The van der Waals surface area contributed by atoms with E-state index in [-0.39, 0.29) is 5.25 Å². The summed E-state index contributed by atoms with van der Waals surface area (Å²) in [6, 6.07) is 5.80. The molecule has 1 atom stereocenters. The molecule has 4 heterocycles. The molecule has 0 saturated carbocycles. The van der Waals surface area contributed by atoms with E-state index in [1.165, 1.54) is 22.2 Å². The molecule has 0 saturated heterocycles. The normalized spacial score (nSPS) is 13.2. The van der Waals surface area contributed by atoms with Crippen LogP contribution in [-0.2, 0) is 6.18 Å². The van der Waals surface area contributed by atoms with Crippen molar-refractivity contribution in [3.8, 4) is 11.4 Å². The largest absolute Gasteiger partial charge is 0.417 e. The molecule has 7 nitrogen and oxygen atoms in total. The van der Waals surface area contributed by atoms with Gasteiger partial charge in [-0.05, 0) is 31.2 Å². The Hall–Kier alpha value is -2.95. The van der Waals surface area contributed by atoms with E-state index in [0.717, 1.165) is 12.3 Å². The molecule has 0 fully saturated rings. The molecule has 27 heavy (non-hydrogen) atoms. The summed E-state index contributed by atoms with van der Waals surface area (Å²) in [5.41, 5.74) is 0.243. The fourth-order valence-electron chi connectivity index (χ4n) is 2.34. The zero-order valence-corrected chi connectivity index (χ0v) is 14.6. The highest BCUT2D eigenvalue weighted by molar-refractivity contribution is 7.99. The molecular formula is C16H11F3N6OS. The number of rotatable bonds is 4. The van der Waals surface area contributed by atoms with Crippen molar-refractivity contribution in [3.63, 3.8) is 0 Å². The predicted molar refractivity (Wildman–Crippen MR) is 89.8 cm³/mol. The first kappa shape index (κ1) is 17.5.